The minimum absolute atomic E-state index is 0.602. The van der Waals surface area contributed by atoms with Gasteiger partial charge in [0.05, 0.1) is 23.0 Å². The van der Waals surface area contributed by atoms with Gasteiger partial charge < -0.3 is 10.3 Å². The number of rotatable bonds is 3. The molecule has 4 nitrogen and oxygen atoms in total. The second-order valence-corrected chi connectivity index (χ2v) is 3.85. The van der Waals surface area contributed by atoms with Gasteiger partial charge in [-0.2, -0.15) is 5.26 Å². The number of hydrogen-bond acceptors (Lipinski definition) is 3. The van der Waals surface area contributed by atoms with Crippen molar-refractivity contribution in [1.29, 1.82) is 5.26 Å². The Hall–Kier alpha value is -2.28. The second-order valence-electron chi connectivity index (χ2n) is 3.85. The molecule has 17 heavy (non-hydrogen) atoms. The molecule has 0 radical (unpaired) electrons. The molecule has 1 aromatic heterocycles. The molecule has 0 aliphatic carbocycles. The van der Waals surface area contributed by atoms with E-state index in [0.29, 0.717) is 11.3 Å². The molecule has 0 atom stereocenters. The van der Waals surface area contributed by atoms with Crippen molar-refractivity contribution in [2.24, 2.45) is 0 Å². The highest BCUT2D eigenvalue weighted by Crippen LogP contribution is 2.20. The Labute approximate surface area is 100 Å². The van der Waals surface area contributed by atoms with Gasteiger partial charge in [0.2, 0.25) is 0 Å². The third kappa shape index (κ3) is 2.13. The van der Waals surface area contributed by atoms with Gasteiger partial charge in [-0.05, 0) is 24.6 Å². The summed E-state index contributed by atoms with van der Waals surface area (Å²) in [4.78, 5) is 4.30. The maximum atomic E-state index is 8.91. The van der Waals surface area contributed by atoms with E-state index >= 15 is 0 Å². The first kappa shape index (κ1) is 11.2. The van der Waals surface area contributed by atoms with Crippen molar-refractivity contribution in [2.75, 3.05) is 5.73 Å². The lowest BCUT2D eigenvalue weighted by Crippen LogP contribution is -2.04. The zero-order valence-electron chi connectivity index (χ0n) is 9.72. The Morgan fingerprint density at radius 3 is 3.00 bits per heavy atom. The largest absolute Gasteiger partial charge is 0.397 e. The quantitative estimate of drug-likeness (QED) is 0.816. The fourth-order valence-corrected chi connectivity index (χ4v) is 1.78. The summed E-state index contributed by atoms with van der Waals surface area (Å²) in [5.74, 6) is 0.967. The molecule has 0 amide bonds. The minimum atomic E-state index is 0.602. The van der Waals surface area contributed by atoms with Crippen LogP contribution in [-0.2, 0) is 6.42 Å². The van der Waals surface area contributed by atoms with Gasteiger partial charge in [-0.3, -0.25) is 0 Å². The van der Waals surface area contributed by atoms with Crippen LogP contribution in [0, 0.1) is 11.3 Å². The lowest BCUT2D eigenvalue weighted by molar-refractivity contribution is 0.810. The van der Waals surface area contributed by atoms with E-state index < -0.39 is 0 Å². The normalized spacial score (nSPS) is 10.1. The number of aromatic nitrogens is 2. The van der Waals surface area contributed by atoms with Crippen LogP contribution in [0.3, 0.4) is 0 Å². The molecule has 1 heterocycles. The molecule has 2 rings (SSSR count). The zero-order valence-corrected chi connectivity index (χ0v) is 9.72. The van der Waals surface area contributed by atoms with Gasteiger partial charge in [-0.25, -0.2) is 4.98 Å². The SMILES string of the molecule is CCCc1nccn1-c1cc(C#N)ccc1N. The summed E-state index contributed by atoms with van der Waals surface area (Å²) in [5.41, 5.74) is 8.02. The lowest BCUT2D eigenvalue weighted by atomic mass is 10.2. The molecule has 2 N–H and O–H groups in total. The number of imidazole rings is 1. The summed E-state index contributed by atoms with van der Waals surface area (Å²) < 4.78 is 1.94. The average Bonchev–Trinajstić information content (AvgIpc) is 2.78. The standard InChI is InChI=1S/C13H14N4/c1-2-3-13-16-6-7-17(13)12-8-10(9-14)4-5-11(12)15/h4-8H,2-3,15H2,1H3. The Balaban J connectivity index is 2.52. The van der Waals surface area contributed by atoms with Gasteiger partial charge in [-0.15, -0.1) is 0 Å². The van der Waals surface area contributed by atoms with E-state index in [4.69, 9.17) is 11.0 Å². The third-order valence-corrected chi connectivity index (χ3v) is 2.61. The molecule has 0 saturated carbocycles. The summed E-state index contributed by atoms with van der Waals surface area (Å²) in [5, 5.41) is 8.91. The minimum Gasteiger partial charge on any atom is -0.397 e. The predicted octanol–water partition coefficient (Wildman–Crippen LogP) is 2.28. The third-order valence-electron chi connectivity index (χ3n) is 2.61. The fraction of sp³-hybridized carbons (Fsp3) is 0.231. The van der Waals surface area contributed by atoms with E-state index in [1.54, 1.807) is 24.4 Å². The number of nitrogen functional groups attached to an aromatic ring is 1. The number of aryl methyl sites for hydroxylation is 1. The summed E-state index contributed by atoms with van der Waals surface area (Å²) >= 11 is 0. The van der Waals surface area contributed by atoms with E-state index in [1.165, 1.54) is 0 Å². The highest BCUT2D eigenvalue weighted by Gasteiger charge is 2.08. The van der Waals surface area contributed by atoms with E-state index in [-0.39, 0.29) is 0 Å². The first-order chi connectivity index (χ1) is 8.26. The van der Waals surface area contributed by atoms with Gasteiger partial charge in [0.25, 0.3) is 0 Å². The molecule has 86 valence electrons. The van der Waals surface area contributed by atoms with Crippen molar-refractivity contribution >= 4 is 5.69 Å². The number of anilines is 1. The molecule has 0 aliphatic heterocycles. The van der Waals surface area contributed by atoms with Crippen LogP contribution in [0.2, 0.25) is 0 Å². The Morgan fingerprint density at radius 2 is 2.29 bits per heavy atom. The molecule has 0 saturated heterocycles. The second kappa shape index (κ2) is 4.71. The van der Waals surface area contributed by atoms with E-state index in [2.05, 4.69) is 18.0 Å². The molecule has 2 aromatic rings. The topological polar surface area (TPSA) is 67.6 Å². The number of hydrogen-bond donors (Lipinski definition) is 1. The van der Waals surface area contributed by atoms with Gasteiger partial charge in [0, 0.05) is 18.8 Å². The number of nitrogens with zero attached hydrogens (tertiary/aromatic N) is 3. The molecular formula is C13H14N4. The van der Waals surface area contributed by atoms with Crippen LogP contribution in [0.4, 0.5) is 5.69 Å². The Kier molecular flexibility index (Phi) is 3.10. The van der Waals surface area contributed by atoms with Gasteiger partial charge >= 0.3 is 0 Å². The van der Waals surface area contributed by atoms with Crippen molar-refractivity contribution in [3.8, 4) is 11.8 Å². The summed E-state index contributed by atoms with van der Waals surface area (Å²) in [6, 6.07) is 7.38. The molecule has 0 unspecified atom stereocenters. The first-order valence-electron chi connectivity index (χ1n) is 5.58. The highest BCUT2D eigenvalue weighted by molar-refractivity contribution is 5.61. The van der Waals surface area contributed by atoms with Crippen LogP contribution in [0.5, 0.6) is 0 Å². The number of nitriles is 1. The first-order valence-corrected chi connectivity index (χ1v) is 5.58. The average molecular weight is 226 g/mol. The number of nitrogens with two attached hydrogens (primary N) is 1. The molecule has 0 aliphatic rings. The molecule has 0 fully saturated rings. The fourth-order valence-electron chi connectivity index (χ4n) is 1.78. The summed E-state index contributed by atoms with van der Waals surface area (Å²) in [6.07, 6.45) is 5.54. The van der Waals surface area contributed by atoms with Crippen LogP contribution < -0.4 is 5.73 Å². The van der Waals surface area contributed by atoms with Crippen molar-refractivity contribution in [2.45, 2.75) is 19.8 Å². The molecule has 4 heteroatoms. The lowest BCUT2D eigenvalue weighted by Gasteiger charge is -2.10. The van der Waals surface area contributed by atoms with Gasteiger partial charge in [-0.1, -0.05) is 6.92 Å². The van der Waals surface area contributed by atoms with Crippen LogP contribution >= 0.6 is 0 Å². The Bertz CT molecular complexity index is 563. The maximum Gasteiger partial charge on any atom is 0.113 e. The van der Waals surface area contributed by atoms with Gasteiger partial charge in [0.1, 0.15) is 5.82 Å². The monoisotopic (exact) mass is 226 g/mol. The maximum absolute atomic E-state index is 8.91. The number of benzene rings is 1. The zero-order chi connectivity index (χ0) is 12.3. The molecule has 1 aromatic carbocycles. The summed E-state index contributed by atoms with van der Waals surface area (Å²) in [7, 11) is 0. The molecule has 0 spiro atoms. The predicted molar refractivity (Wildman–Crippen MR) is 66.7 cm³/mol. The van der Waals surface area contributed by atoms with Crippen molar-refractivity contribution in [3.05, 3.63) is 42.0 Å². The van der Waals surface area contributed by atoms with E-state index in [9.17, 15) is 0 Å². The molecular weight excluding hydrogens is 212 g/mol. The van der Waals surface area contributed by atoms with Crippen molar-refractivity contribution in [1.82, 2.24) is 9.55 Å². The van der Waals surface area contributed by atoms with E-state index in [1.807, 2.05) is 10.8 Å². The van der Waals surface area contributed by atoms with Crippen LogP contribution in [0.15, 0.2) is 30.6 Å². The van der Waals surface area contributed by atoms with Crippen molar-refractivity contribution < 1.29 is 0 Å². The summed E-state index contributed by atoms with van der Waals surface area (Å²) in [6.45, 7) is 2.11. The van der Waals surface area contributed by atoms with Crippen LogP contribution in [0.1, 0.15) is 24.7 Å². The smallest absolute Gasteiger partial charge is 0.113 e. The van der Waals surface area contributed by atoms with Crippen LogP contribution in [0.25, 0.3) is 5.69 Å². The Morgan fingerprint density at radius 1 is 1.47 bits per heavy atom. The van der Waals surface area contributed by atoms with Gasteiger partial charge in [0.15, 0.2) is 0 Å². The van der Waals surface area contributed by atoms with E-state index in [0.717, 1.165) is 24.4 Å². The highest BCUT2D eigenvalue weighted by atomic mass is 15.1. The molecule has 0 bridgehead atoms. The van der Waals surface area contributed by atoms with Crippen LogP contribution in [-0.4, -0.2) is 9.55 Å². The van der Waals surface area contributed by atoms with Crippen molar-refractivity contribution in [3.63, 3.8) is 0 Å².